The molecule has 2 saturated carbocycles. The lowest BCUT2D eigenvalue weighted by Crippen LogP contribution is -2.70. The van der Waals surface area contributed by atoms with Crippen molar-refractivity contribution in [3.8, 4) is 23.8 Å². The first-order chi connectivity index (χ1) is 33.2. The number of methoxy groups -OCH3 is 1. The number of hydrogen-bond acceptors (Lipinski definition) is 12. The van der Waals surface area contributed by atoms with Crippen LogP contribution < -0.4 is 4.74 Å². The number of allylic oxidation sites excluding steroid dienone is 2. The first-order valence-electron chi connectivity index (χ1n) is 24.6. The molecule has 0 amide bonds. The van der Waals surface area contributed by atoms with Gasteiger partial charge in [-0.25, -0.2) is 4.79 Å². The average molecular weight is 949 g/mol. The summed E-state index contributed by atoms with van der Waals surface area (Å²) in [6.45, 7) is 4.78. The van der Waals surface area contributed by atoms with Gasteiger partial charge in [-0.1, -0.05) is 55.2 Å². The van der Waals surface area contributed by atoms with Gasteiger partial charge in [0.1, 0.15) is 42.3 Å². The maximum absolute atomic E-state index is 13.1. The van der Waals surface area contributed by atoms with Gasteiger partial charge in [-0.2, -0.15) is 5.26 Å². The lowest BCUT2D eigenvalue weighted by Gasteiger charge is -2.51. The summed E-state index contributed by atoms with van der Waals surface area (Å²) in [5, 5.41) is 91.0. The number of carboxylic acid groups (broad SMARTS) is 1. The van der Waals surface area contributed by atoms with Crippen LogP contribution in [0.1, 0.15) is 96.8 Å². The van der Waals surface area contributed by atoms with Crippen LogP contribution in [0.5, 0.6) is 5.75 Å². The van der Waals surface area contributed by atoms with Crippen molar-refractivity contribution in [3.63, 3.8) is 0 Å². The molecule has 1 saturated heterocycles. The van der Waals surface area contributed by atoms with Crippen molar-refractivity contribution in [1.82, 2.24) is 4.57 Å². The molecule has 6 aliphatic rings. The molecular weight excluding hydrogens is 881 g/mol. The number of aromatic nitrogens is 1. The number of fused-ring (bicyclic) bond motifs is 10. The third kappa shape index (κ3) is 10.6. The molecule has 0 unspecified atom stereocenters. The number of aliphatic hydroxyl groups is 6. The van der Waals surface area contributed by atoms with E-state index >= 15 is 0 Å². The number of hydrogen-bond donors (Lipinski definition) is 7. The second-order valence-electron chi connectivity index (χ2n) is 20.5. The van der Waals surface area contributed by atoms with Crippen LogP contribution in [0.15, 0.2) is 85.7 Å². The molecule has 14 nitrogen and oxygen atoms in total. The Bertz CT molecular complexity index is 2390. The molecule has 7 N–H and O–H groups in total. The van der Waals surface area contributed by atoms with E-state index in [2.05, 4.69) is 30.8 Å². The van der Waals surface area contributed by atoms with E-state index in [1.807, 2.05) is 47.2 Å². The normalized spacial score (nSPS) is 33.0. The Balaban J connectivity index is 1.12. The highest BCUT2D eigenvalue weighted by molar-refractivity contribution is 5.87. The van der Waals surface area contributed by atoms with E-state index in [0.717, 1.165) is 42.4 Å². The van der Waals surface area contributed by atoms with E-state index in [1.165, 1.54) is 0 Å². The maximum Gasteiger partial charge on any atom is 0.335 e. The minimum atomic E-state index is -2.32. The summed E-state index contributed by atoms with van der Waals surface area (Å²) >= 11 is 0. The average Bonchev–Trinajstić information content (AvgIpc) is 4.07. The van der Waals surface area contributed by atoms with Gasteiger partial charge in [-0.05, 0) is 134 Å². The zero-order valence-corrected chi connectivity index (χ0v) is 39.4. The fraction of sp³-hybridized carbons (Fsp3) is 0.564. The van der Waals surface area contributed by atoms with Gasteiger partial charge >= 0.3 is 5.97 Å². The van der Waals surface area contributed by atoms with Crippen molar-refractivity contribution in [2.75, 3.05) is 20.3 Å². The molecule has 370 valence electrons. The summed E-state index contributed by atoms with van der Waals surface area (Å²) in [7, 11) is 1.64. The number of benzene rings is 2. The van der Waals surface area contributed by atoms with Gasteiger partial charge in [0.25, 0.3) is 0 Å². The summed E-state index contributed by atoms with van der Waals surface area (Å²) in [5.41, 5.74) is 0.0405. The van der Waals surface area contributed by atoms with Gasteiger partial charge in [-0.15, -0.1) is 6.58 Å². The summed E-state index contributed by atoms with van der Waals surface area (Å²) in [6, 6.07) is 16.4. The standard InChI is InChI=1S/C55H68N2O12/c1-3-8-38-15-17-43(27-41(38)25-37(34-66-2)33-57-22-19-36(31-56)32-57)68-52-55(65)30-44(45(59)9-7-24-67-46(10-6-23-58)49(69-52)48(60)50(55)61)40-16-18-47-53(20-4-5-21-53)42(29-54(47,64)28-40)26-35-11-13-39(14-12-35)51(62)63/h3,11-19,22,27,32,37,40,42,44-50,52,58-61,64-65H,1,4-6,8-10,20-21,23,25-26,28-30,33-34H2,2H3,(H,62,63)/t37-,40-,42+,44-,45+,46+,47+,48-,49-,50+,52+,54+,55-/m1/s1. The molecule has 2 aromatic carbocycles. The predicted molar refractivity (Wildman–Crippen MR) is 254 cm³/mol. The molecule has 0 radical (unpaired) electrons. The Kier molecular flexibility index (Phi) is 15.7. The van der Waals surface area contributed by atoms with Crippen molar-refractivity contribution in [2.45, 2.75) is 138 Å². The Hall–Kier alpha value is -5.00. The number of aliphatic hydroxyl groups excluding tert-OH is 4. The monoisotopic (exact) mass is 948 g/mol. The van der Waals surface area contributed by atoms with Crippen LogP contribution in [0.3, 0.4) is 0 Å². The van der Waals surface area contributed by atoms with Crippen LogP contribution >= 0.6 is 0 Å². The smallest absolute Gasteiger partial charge is 0.335 e. The van der Waals surface area contributed by atoms with Gasteiger partial charge in [0.2, 0.25) is 6.29 Å². The minimum Gasteiger partial charge on any atom is -0.478 e. The van der Waals surface area contributed by atoms with Crippen molar-refractivity contribution >= 4 is 5.97 Å². The molecule has 9 rings (SSSR count). The Morgan fingerprint density at radius 3 is 2.54 bits per heavy atom. The van der Waals surface area contributed by atoms with Crippen LogP contribution in [0.2, 0.25) is 0 Å². The van der Waals surface area contributed by atoms with Crippen LogP contribution in [-0.4, -0.2) is 115 Å². The van der Waals surface area contributed by atoms with Crippen LogP contribution in [0, 0.1) is 58.4 Å². The number of aromatic carboxylic acids is 1. The summed E-state index contributed by atoms with van der Waals surface area (Å²) in [5.74, 6) is 0.869. The van der Waals surface area contributed by atoms with Gasteiger partial charge in [0.15, 0.2) is 5.60 Å². The predicted octanol–water partition coefficient (Wildman–Crippen LogP) is 5.48. The van der Waals surface area contributed by atoms with Crippen molar-refractivity contribution < 1.29 is 59.5 Å². The topological polar surface area (TPSA) is 224 Å². The molecule has 2 bridgehead atoms. The highest BCUT2D eigenvalue weighted by Crippen LogP contribution is 2.65. The SMILES string of the molecule is C=CCc1ccc(O[C@H]2O[C@H]3[C@@H](O)[C@H](O)[C@]2(O)C[C@H]([C@@H]2C=C[C@H]4C5(CCCC5)[C@@H](Cc5ccc(C(=O)O)cc5)C[C@@]4(O)C2)[C@@H](O)CC#CO[C@H]3CCCO)cc1C[C@@H](COC)Cn1ccc(C#N)c1. The fourth-order valence-corrected chi connectivity index (χ4v) is 12.8. The zero-order valence-electron chi connectivity index (χ0n) is 39.4. The highest BCUT2D eigenvalue weighted by Gasteiger charge is 2.64. The molecular formula is C55H68N2O12. The second kappa shape index (κ2) is 21.6. The minimum absolute atomic E-state index is 0.0164. The summed E-state index contributed by atoms with van der Waals surface area (Å²) < 4.78 is 26.8. The van der Waals surface area contributed by atoms with Gasteiger partial charge in [0, 0.05) is 50.9 Å². The van der Waals surface area contributed by atoms with E-state index in [4.69, 9.17) is 18.9 Å². The molecule has 3 fully saturated rings. The van der Waals surface area contributed by atoms with Crippen molar-refractivity contribution in [3.05, 3.63) is 114 Å². The number of carbonyl (C=O) groups is 1. The quantitative estimate of drug-likeness (QED) is 0.0659. The zero-order chi connectivity index (χ0) is 48.9. The van der Waals surface area contributed by atoms with Gasteiger partial charge < -0.3 is 59.3 Å². The first kappa shape index (κ1) is 50.4. The number of carboxylic acids is 1. The lowest BCUT2D eigenvalue weighted by atomic mass is 9.62. The van der Waals surface area contributed by atoms with E-state index in [-0.39, 0.29) is 67.4 Å². The van der Waals surface area contributed by atoms with Crippen LogP contribution in [-0.2, 0) is 40.0 Å². The molecule has 69 heavy (non-hydrogen) atoms. The Labute approximate surface area is 404 Å². The van der Waals surface area contributed by atoms with Gasteiger partial charge in [-0.3, -0.25) is 0 Å². The Morgan fingerprint density at radius 1 is 1.06 bits per heavy atom. The number of ether oxygens (including phenoxy) is 4. The molecule has 3 aromatic rings. The number of nitriles is 1. The van der Waals surface area contributed by atoms with Crippen molar-refractivity contribution in [1.29, 1.82) is 5.26 Å². The molecule has 1 aromatic heterocycles. The van der Waals surface area contributed by atoms with Crippen molar-refractivity contribution in [2.24, 2.45) is 35.0 Å². The second-order valence-corrected chi connectivity index (χ2v) is 20.5. The molecule has 4 heterocycles. The van der Waals surface area contributed by atoms with Crippen LogP contribution in [0.25, 0.3) is 0 Å². The van der Waals surface area contributed by atoms with Crippen LogP contribution in [0.4, 0.5) is 0 Å². The number of nitrogens with zero attached hydrogens (tertiary/aromatic N) is 2. The Morgan fingerprint density at radius 2 is 1.84 bits per heavy atom. The van der Waals surface area contributed by atoms with Gasteiger partial charge in [0.05, 0.1) is 29.4 Å². The van der Waals surface area contributed by atoms with E-state index in [9.17, 15) is 45.8 Å². The fourth-order valence-electron chi connectivity index (χ4n) is 12.8. The van der Waals surface area contributed by atoms with E-state index in [0.29, 0.717) is 50.1 Å². The summed E-state index contributed by atoms with van der Waals surface area (Å²) in [6.07, 6.45) is 10.4. The maximum atomic E-state index is 13.1. The molecule has 14 heteroatoms. The largest absolute Gasteiger partial charge is 0.478 e. The van der Waals surface area contributed by atoms with E-state index < -0.39 is 65.8 Å². The first-order valence-corrected chi connectivity index (χ1v) is 24.6. The summed E-state index contributed by atoms with van der Waals surface area (Å²) in [4.78, 5) is 11.6. The molecule has 3 aliphatic heterocycles. The van der Waals surface area contributed by atoms with E-state index in [1.54, 1.807) is 37.6 Å². The molecule has 1 spiro atoms. The highest BCUT2D eigenvalue weighted by atomic mass is 16.7. The lowest BCUT2D eigenvalue weighted by molar-refractivity contribution is -0.334. The third-order valence-electron chi connectivity index (χ3n) is 16.1. The molecule has 3 aliphatic carbocycles. The number of rotatable bonds is 17. The molecule has 13 atom stereocenters. The third-order valence-corrected chi connectivity index (χ3v) is 16.1.